The highest BCUT2D eigenvalue weighted by atomic mass is 32.2. The van der Waals surface area contributed by atoms with Crippen LogP contribution in [0.5, 0.6) is 5.75 Å². The van der Waals surface area contributed by atoms with E-state index in [9.17, 15) is 12.8 Å². The molecule has 0 bridgehead atoms. The minimum absolute atomic E-state index is 0.0233. The van der Waals surface area contributed by atoms with Gasteiger partial charge in [0, 0.05) is 19.7 Å². The normalized spacial score (nSPS) is 11.6. The summed E-state index contributed by atoms with van der Waals surface area (Å²) in [7, 11) is -0.921. The van der Waals surface area contributed by atoms with Crippen LogP contribution in [-0.4, -0.2) is 40.0 Å². The van der Waals surface area contributed by atoms with Gasteiger partial charge in [0.1, 0.15) is 0 Å². The number of hydrogen-bond acceptors (Lipinski definition) is 4. The SMILES string of the molecule is COc1cc(NS(=O)(=O)N(C)CCCN)ccc1F. The second-order valence-corrected chi connectivity index (χ2v) is 5.70. The lowest BCUT2D eigenvalue weighted by molar-refractivity contribution is 0.387. The first-order valence-electron chi connectivity index (χ1n) is 5.68. The number of anilines is 1. The van der Waals surface area contributed by atoms with Crippen molar-refractivity contribution in [3.63, 3.8) is 0 Å². The van der Waals surface area contributed by atoms with Gasteiger partial charge in [-0.05, 0) is 25.1 Å². The third-order valence-corrected chi connectivity index (χ3v) is 3.98. The first-order valence-corrected chi connectivity index (χ1v) is 7.12. The molecule has 108 valence electrons. The van der Waals surface area contributed by atoms with Crippen molar-refractivity contribution in [1.29, 1.82) is 0 Å². The van der Waals surface area contributed by atoms with Crippen LogP contribution < -0.4 is 15.2 Å². The van der Waals surface area contributed by atoms with Crippen LogP contribution in [0.3, 0.4) is 0 Å². The number of nitrogens with one attached hydrogen (secondary N) is 1. The lowest BCUT2D eigenvalue weighted by Crippen LogP contribution is -2.34. The largest absolute Gasteiger partial charge is 0.494 e. The lowest BCUT2D eigenvalue weighted by Gasteiger charge is -2.18. The molecule has 1 rings (SSSR count). The Morgan fingerprint density at radius 3 is 2.74 bits per heavy atom. The molecule has 0 aliphatic rings. The molecule has 0 unspecified atom stereocenters. The maximum absolute atomic E-state index is 13.2. The molecule has 0 saturated heterocycles. The van der Waals surface area contributed by atoms with Gasteiger partial charge in [0.15, 0.2) is 11.6 Å². The van der Waals surface area contributed by atoms with Gasteiger partial charge in [0.25, 0.3) is 0 Å². The van der Waals surface area contributed by atoms with E-state index in [0.717, 1.165) is 10.4 Å². The van der Waals surface area contributed by atoms with E-state index in [2.05, 4.69) is 4.72 Å². The number of halogens is 1. The van der Waals surface area contributed by atoms with Crippen LogP contribution in [0.1, 0.15) is 6.42 Å². The summed E-state index contributed by atoms with van der Waals surface area (Å²) in [6.45, 7) is 0.717. The zero-order chi connectivity index (χ0) is 14.5. The van der Waals surface area contributed by atoms with Crippen molar-refractivity contribution in [2.45, 2.75) is 6.42 Å². The summed E-state index contributed by atoms with van der Waals surface area (Å²) >= 11 is 0. The summed E-state index contributed by atoms with van der Waals surface area (Å²) in [5.41, 5.74) is 5.56. The lowest BCUT2D eigenvalue weighted by atomic mass is 10.3. The van der Waals surface area contributed by atoms with E-state index in [1.807, 2.05) is 0 Å². The Kier molecular flexibility index (Phi) is 5.52. The van der Waals surface area contributed by atoms with Crippen LogP contribution in [-0.2, 0) is 10.2 Å². The van der Waals surface area contributed by atoms with Crippen molar-refractivity contribution in [2.75, 3.05) is 32.0 Å². The topological polar surface area (TPSA) is 84.7 Å². The molecule has 6 nitrogen and oxygen atoms in total. The highest BCUT2D eigenvalue weighted by molar-refractivity contribution is 7.90. The average molecular weight is 291 g/mol. The predicted molar refractivity (Wildman–Crippen MR) is 71.8 cm³/mol. The molecule has 8 heteroatoms. The molecule has 0 radical (unpaired) electrons. The number of hydrogen-bond donors (Lipinski definition) is 2. The summed E-state index contributed by atoms with van der Waals surface area (Å²) in [6.07, 6.45) is 0.560. The molecule has 0 atom stereocenters. The van der Waals surface area contributed by atoms with Gasteiger partial charge in [0.05, 0.1) is 12.8 Å². The number of nitrogens with two attached hydrogens (primary N) is 1. The minimum Gasteiger partial charge on any atom is -0.494 e. The fourth-order valence-electron chi connectivity index (χ4n) is 1.38. The van der Waals surface area contributed by atoms with E-state index in [1.165, 1.54) is 26.3 Å². The number of rotatable bonds is 7. The van der Waals surface area contributed by atoms with Gasteiger partial charge >= 0.3 is 10.2 Å². The third kappa shape index (κ3) is 4.34. The second-order valence-electron chi connectivity index (χ2n) is 3.92. The third-order valence-electron chi connectivity index (χ3n) is 2.49. The van der Waals surface area contributed by atoms with E-state index < -0.39 is 16.0 Å². The predicted octanol–water partition coefficient (Wildman–Crippen LogP) is 0.772. The van der Waals surface area contributed by atoms with Crippen molar-refractivity contribution in [3.8, 4) is 5.75 Å². The molecule has 1 aromatic carbocycles. The van der Waals surface area contributed by atoms with Gasteiger partial charge in [0.2, 0.25) is 0 Å². The van der Waals surface area contributed by atoms with Crippen LogP contribution in [0.25, 0.3) is 0 Å². The highest BCUT2D eigenvalue weighted by Gasteiger charge is 2.17. The van der Waals surface area contributed by atoms with E-state index in [4.69, 9.17) is 10.5 Å². The van der Waals surface area contributed by atoms with Crippen LogP contribution in [0.15, 0.2) is 18.2 Å². The van der Waals surface area contributed by atoms with Gasteiger partial charge in [-0.1, -0.05) is 0 Å². The van der Waals surface area contributed by atoms with Crippen LogP contribution in [0.4, 0.5) is 10.1 Å². The summed E-state index contributed by atoms with van der Waals surface area (Å²) < 4.78 is 45.3. The van der Waals surface area contributed by atoms with E-state index >= 15 is 0 Å². The standard InChI is InChI=1S/C11H18FN3O3S/c1-15(7-3-6-13)19(16,17)14-9-4-5-10(12)11(8-9)18-2/h4-5,8,14H,3,6-7,13H2,1-2H3. The van der Waals surface area contributed by atoms with Crippen molar-refractivity contribution >= 4 is 15.9 Å². The fourth-order valence-corrected chi connectivity index (χ4v) is 2.33. The summed E-state index contributed by atoms with van der Waals surface area (Å²) in [5.74, 6) is -0.577. The van der Waals surface area contributed by atoms with Gasteiger partial charge in [-0.2, -0.15) is 12.7 Å². The molecule has 0 aliphatic heterocycles. The van der Waals surface area contributed by atoms with Gasteiger partial charge < -0.3 is 10.5 Å². The molecule has 0 spiro atoms. The number of nitrogens with zero attached hydrogens (tertiary/aromatic N) is 1. The van der Waals surface area contributed by atoms with Crippen molar-refractivity contribution in [2.24, 2.45) is 5.73 Å². The number of methoxy groups -OCH3 is 1. The molecule has 0 amide bonds. The Bertz CT molecular complexity index is 522. The Hall–Kier alpha value is -1.38. The minimum atomic E-state index is -3.67. The molecule has 1 aromatic rings. The Morgan fingerprint density at radius 2 is 2.16 bits per heavy atom. The maximum atomic E-state index is 13.2. The van der Waals surface area contributed by atoms with Crippen molar-refractivity contribution in [3.05, 3.63) is 24.0 Å². The molecule has 3 N–H and O–H groups in total. The van der Waals surface area contributed by atoms with E-state index in [1.54, 1.807) is 0 Å². The van der Waals surface area contributed by atoms with Crippen molar-refractivity contribution < 1.29 is 17.5 Å². The van der Waals surface area contributed by atoms with Gasteiger partial charge in [-0.3, -0.25) is 4.72 Å². The molecular weight excluding hydrogens is 273 g/mol. The summed E-state index contributed by atoms with van der Waals surface area (Å²) in [6, 6.07) is 3.74. The quantitative estimate of drug-likeness (QED) is 0.777. The zero-order valence-corrected chi connectivity index (χ0v) is 11.7. The molecule has 19 heavy (non-hydrogen) atoms. The first-order chi connectivity index (χ1) is 8.90. The molecular formula is C11H18FN3O3S. The molecule has 0 aromatic heterocycles. The van der Waals surface area contributed by atoms with Crippen molar-refractivity contribution in [1.82, 2.24) is 4.31 Å². The average Bonchev–Trinajstić information content (AvgIpc) is 2.37. The molecule has 0 aliphatic carbocycles. The molecule has 0 saturated carbocycles. The Balaban J connectivity index is 2.83. The summed E-state index contributed by atoms with van der Waals surface area (Å²) in [5, 5.41) is 0. The molecule has 0 heterocycles. The zero-order valence-electron chi connectivity index (χ0n) is 10.9. The highest BCUT2D eigenvalue weighted by Crippen LogP contribution is 2.22. The number of ether oxygens (including phenoxy) is 1. The van der Waals surface area contributed by atoms with Gasteiger partial charge in [-0.25, -0.2) is 4.39 Å². The summed E-state index contributed by atoms with van der Waals surface area (Å²) in [4.78, 5) is 0. The first kappa shape index (κ1) is 15.7. The fraction of sp³-hybridized carbons (Fsp3) is 0.455. The van der Waals surface area contributed by atoms with Crippen LogP contribution >= 0.6 is 0 Å². The van der Waals surface area contributed by atoms with Gasteiger partial charge in [-0.15, -0.1) is 0 Å². The second kappa shape index (κ2) is 6.69. The monoisotopic (exact) mass is 291 g/mol. The van der Waals surface area contributed by atoms with E-state index in [-0.39, 0.29) is 11.4 Å². The Morgan fingerprint density at radius 1 is 1.47 bits per heavy atom. The number of benzene rings is 1. The Labute approximate surface area is 112 Å². The van der Waals surface area contributed by atoms with Crippen LogP contribution in [0, 0.1) is 5.82 Å². The molecule has 0 fully saturated rings. The van der Waals surface area contributed by atoms with E-state index in [0.29, 0.717) is 19.5 Å². The smallest absolute Gasteiger partial charge is 0.301 e. The van der Waals surface area contributed by atoms with Crippen LogP contribution in [0.2, 0.25) is 0 Å². The maximum Gasteiger partial charge on any atom is 0.301 e.